The van der Waals surface area contributed by atoms with Crippen molar-refractivity contribution in [2.24, 2.45) is 5.92 Å². The maximum atomic E-state index is 11.7. The number of carbonyl (C=O) groups is 1. The zero-order valence-corrected chi connectivity index (χ0v) is 11.1. The Kier molecular flexibility index (Phi) is 4.62. The minimum Gasteiger partial charge on any atom is -0.325 e. The lowest BCUT2D eigenvalue weighted by atomic mass is 10.1. The third kappa shape index (κ3) is 3.81. The standard InChI is InChI=1S/C11H13BrN2O3/c1-7(2)10(12)11(15)13-8-3-5-9(6-4-8)14(16)17/h3-7,10H,1-2H3,(H,13,15). The zero-order chi connectivity index (χ0) is 13.0. The van der Waals surface area contributed by atoms with Gasteiger partial charge < -0.3 is 5.32 Å². The van der Waals surface area contributed by atoms with Crippen LogP contribution in [0.4, 0.5) is 11.4 Å². The molecule has 0 saturated carbocycles. The molecule has 1 aromatic carbocycles. The van der Waals surface area contributed by atoms with E-state index in [-0.39, 0.29) is 22.3 Å². The number of amides is 1. The molecule has 0 fully saturated rings. The van der Waals surface area contributed by atoms with Crippen LogP contribution in [0.1, 0.15) is 13.8 Å². The Morgan fingerprint density at radius 2 is 1.88 bits per heavy atom. The van der Waals surface area contributed by atoms with Gasteiger partial charge in [0.2, 0.25) is 5.91 Å². The molecule has 1 aromatic rings. The molecule has 1 rings (SSSR count). The predicted molar refractivity (Wildman–Crippen MR) is 69.3 cm³/mol. The average molecular weight is 301 g/mol. The first-order chi connectivity index (χ1) is 7.91. The topological polar surface area (TPSA) is 72.2 Å². The van der Waals surface area contributed by atoms with Gasteiger partial charge in [0.25, 0.3) is 5.69 Å². The lowest BCUT2D eigenvalue weighted by Gasteiger charge is -2.13. The summed E-state index contributed by atoms with van der Waals surface area (Å²) in [4.78, 5) is 21.4. The molecule has 1 atom stereocenters. The summed E-state index contributed by atoms with van der Waals surface area (Å²) < 4.78 is 0. The molecule has 6 heteroatoms. The molecule has 0 heterocycles. The summed E-state index contributed by atoms with van der Waals surface area (Å²) in [6, 6.07) is 5.73. The van der Waals surface area contributed by atoms with E-state index in [0.29, 0.717) is 5.69 Å². The average Bonchev–Trinajstić information content (AvgIpc) is 2.28. The highest BCUT2D eigenvalue weighted by molar-refractivity contribution is 9.10. The van der Waals surface area contributed by atoms with Crippen LogP contribution in [0, 0.1) is 16.0 Å². The van der Waals surface area contributed by atoms with Gasteiger partial charge >= 0.3 is 0 Å². The molecule has 0 aliphatic heterocycles. The molecule has 92 valence electrons. The lowest BCUT2D eigenvalue weighted by Crippen LogP contribution is -2.26. The van der Waals surface area contributed by atoms with E-state index < -0.39 is 4.92 Å². The number of carbonyl (C=O) groups excluding carboxylic acids is 1. The van der Waals surface area contributed by atoms with E-state index in [1.165, 1.54) is 24.3 Å². The molecule has 0 spiro atoms. The molecular weight excluding hydrogens is 288 g/mol. The van der Waals surface area contributed by atoms with Gasteiger partial charge in [0.15, 0.2) is 0 Å². The first kappa shape index (κ1) is 13.6. The Morgan fingerprint density at radius 3 is 2.29 bits per heavy atom. The highest BCUT2D eigenvalue weighted by Crippen LogP contribution is 2.18. The number of hydrogen-bond donors (Lipinski definition) is 1. The second-order valence-corrected chi connectivity index (χ2v) is 4.93. The van der Waals surface area contributed by atoms with Gasteiger partial charge in [-0.2, -0.15) is 0 Å². The van der Waals surface area contributed by atoms with E-state index in [1.807, 2.05) is 13.8 Å². The van der Waals surface area contributed by atoms with Gasteiger partial charge in [-0.05, 0) is 18.1 Å². The van der Waals surface area contributed by atoms with Crippen LogP contribution in [0.3, 0.4) is 0 Å². The van der Waals surface area contributed by atoms with Crippen molar-refractivity contribution < 1.29 is 9.72 Å². The van der Waals surface area contributed by atoms with Crippen molar-refractivity contribution in [1.29, 1.82) is 0 Å². The minimum atomic E-state index is -0.479. The molecule has 0 saturated heterocycles. The largest absolute Gasteiger partial charge is 0.325 e. The summed E-state index contributed by atoms with van der Waals surface area (Å²) >= 11 is 3.28. The van der Waals surface area contributed by atoms with Crippen molar-refractivity contribution >= 4 is 33.2 Å². The molecule has 0 aliphatic rings. The summed E-state index contributed by atoms with van der Waals surface area (Å²) in [7, 11) is 0. The second-order valence-electron chi connectivity index (χ2n) is 3.94. The number of halogens is 1. The van der Waals surface area contributed by atoms with Crippen LogP contribution in [-0.2, 0) is 4.79 Å². The van der Waals surface area contributed by atoms with Crippen LogP contribution in [-0.4, -0.2) is 15.7 Å². The van der Waals surface area contributed by atoms with E-state index in [4.69, 9.17) is 0 Å². The summed E-state index contributed by atoms with van der Waals surface area (Å²) in [5.41, 5.74) is 0.549. The number of rotatable bonds is 4. The fourth-order valence-electron chi connectivity index (χ4n) is 1.18. The summed E-state index contributed by atoms with van der Waals surface area (Å²) in [5.74, 6) is 0.0156. The number of nitrogens with zero attached hydrogens (tertiary/aromatic N) is 1. The maximum absolute atomic E-state index is 11.7. The van der Waals surface area contributed by atoms with Gasteiger partial charge in [-0.25, -0.2) is 0 Å². The molecular formula is C11H13BrN2O3. The molecule has 0 aromatic heterocycles. The van der Waals surface area contributed by atoms with E-state index in [9.17, 15) is 14.9 Å². The number of alkyl halides is 1. The summed E-state index contributed by atoms with van der Waals surface area (Å²) in [6.07, 6.45) is 0. The molecule has 1 N–H and O–H groups in total. The van der Waals surface area contributed by atoms with Crippen LogP contribution in [0.15, 0.2) is 24.3 Å². The Labute approximate surface area is 107 Å². The van der Waals surface area contributed by atoms with E-state index in [0.717, 1.165) is 0 Å². The smallest absolute Gasteiger partial charge is 0.269 e. The first-order valence-electron chi connectivity index (χ1n) is 5.11. The van der Waals surface area contributed by atoms with Gasteiger partial charge in [-0.1, -0.05) is 29.8 Å². The molecule has 1 unspecified atom stereocenters. The van der Waals surface area contributed by atoms with Crippen molar-refractivity contribution in [3.63, 3.8) is 0 Å². The molecule has 5 nitrogen and oxygen atoms in total. The lowest BCUT2D eigenvalue weighted by molar-refractivity contribution is -0.384. The van der Waals surface area contributed by atoms with Crippen molar-refractivity contribution in [3.8, 4) is 0 Å². The Bertz CT molecular complexity index is 417. The fourth-order valence-corrected chi connectivity index (χ4v) is 1.29. The highest BCUT2D eigenvalue weighted by Gasteiger charge is 2.18. The Morgan fingerprint density at radius 1 is 1.35 bits per heavy atom. The fraction of sp³-hybridized carbons (Fsp3) is 0.364. The minimum absolute atomic E-state index is 0.00208. The Balaban J connectivity index is 2.70. The third-order valence-electron chi connectivity index (χ3n) is 2.18. The quantitative estimate of drug-likeness (QED) is 0.528. The summed E-state index contributed by atoms with van der Waals surface area (Å²) in [5, 5.41) is 13.1. The highest BCUT2D eigenvalue weighted by atomic mass is 79.9. The number of benzene rings is 1. The number of nitrogens with one attached hydrogen (secondary N) is 1. The number of hydrogen-bond acceptors (Lipinski definition) is 3. The van der Waals surface area contributed by atoms with Crippen molar-refractivity contribution in [3.05, 3.63) is 34.4 Å². The van der Waals surface area contributed by atoms with Crippen molar-refractivity contribution in [2.45, 2.75) is 18.7 Å². The monoisotopic (exact) mass is 300 g/mol. The number of nitro groups is 1. The SMILES string of the molecule is CC(C)C(Br)C(=O)Nc1ccc([N+](=O)[O-])cc1. The van der Waals surface area contributed by atoms with Crippen molar-refractivity contribution in [1.82, 2.24) is 0 Å². The molecule has 17 heavy (non-hydrogen) atoms. The number of non-ortho nitro benzene ring substituents is 1. The van der Waals surface area contributed by atoms with Gasteiger partial charge in [0.05, 0.1) is 9.75 Å². The van der Waals surface area contributed by atoms with Gasteiger partial charge in [0.1, 0.15) is 0 Å². The van der Waals surface area contributed by atoms with Crippen LogP contribution >= 0.6 is 15.9 Å². The normalized spacial score (nSPS) is 12.2. The Hall–Kier alpha value is -1.43. The molecule has 1 amide bonds. The maximum Gasteiger partial charge on any atom is 0.269 e. The van der Waals surface area contributed by atoms with E-state index >= 15 is 0 Å². The first-order valence-corrected chi connectivity index (χ1v) is 6.02. The molecule has 0 bridgehead atoms. The predicted octanol–water partition coefficient (Wildman–Crippen LogP) is 2.95. The van der Waals surface area contributed by atoms with E-state index in [2.05, 4.69) is 21.2 Å². The van der Waals surface area contributed by atoms with Crippen molar-refractivity contribution in [2.75, 3.05) is 5.32 Å². The molecule has 0 aliphatic carbocycles. The van der Waals surface area contributed by atoms with Gasteiger partial charge in [-0.3, -0.25) is 14.9 Å². The van der Waals surface area contributed by atoms with Gasteiger partial charge in [-0.15, -0.1) is 0 Å². The third-order valence-corrected chi connectivity index (χ3v) is 3.65. The van der Waals surface area contributed by atoms with Crippen LogP contribution in [0.25, 0.3) is 0 Å². The summed E-state index contributed by atoms with van der Waals surface area (Å²) in [6.45, 7) is 3.85. The second kappa shape index (κ2) is 5.77. The number of nitro benzene ring substituents is 1. The molecule has 0 radical (unpaired) electrons. The van der Waals surface area contributed by atoms with E-state index in [1.54, 1.807) is 0 Å². The van der Waals surface area contributed by atoms with Crippen LogP contribution < -0.4 is 5.32 Å². The van der Waals surface area contributed by atoms with Crippen LogP contribution in [0.2, 0.25) is 0 Å². The van der Waals surface area contributed by atoms with Crippen LogP contribution in [0.5, 0.6) is 0 Å². The number of anilines is 1. The zero-order valence-electron chi connectivity index (χ0n) is 9.51. The van der Waals surface area contributed by atoms with Gasteiger partial charge in [0, 0.05) is 17.8 Å².